The lowest BCUT2D eigenvalue weighted by atomic mass is 9.96. The molecule has 0 spiro atoms. The van der Waals surface area contributed by atoms with E-state index in [1.54, 1.807) is 0 Å². The lowest BCUT2D eigenvalue weighted by Gasteiger charge is -2.30. The van der Waals surface area contributed by atoms with Gasteiger partial charge in [0.1, 0.15) is 0 Å². The molecule has 0 atom stereocenters. The number of nitrogens with zero attached hydrogens (tertiary/aromatic N) is 1. The summed E-state index contributed by atoms with van der Waals surface area (Å²) in [6.45, 7) is 4.67. The molecule has 2 aromatic rings. The Kier molecular flexibility index (Phi) is 7.82. The monoisotopic (exact) mass is 393 g/mol. The molecule has 154 valence electrons. The van der Waals surface area contributed by atoms with Crippen LogP contribution < -0.4 is 10.6 Å². The van der Waals surface area contributed by atoms with E-state index in [1.165, 1.54) is 11.1 Å². The highest BCUT2D eigenvalue weighted by atomic mass is 16.2. The van der Waals surface area contributed by atoms with Gasteiger partial charge in [0.25, 0.3) is 0 Å². The molecule has 1 fully saturated rings. The van der Waals surface area contributed by atoms with Gasteiger partial charge in [-0.2, -0.15) is 0 Å². The third-order valence-corrected chi connectivity index (χ3v) is 5.45. The second-order valence-electron chi connectivity index (χ2n) is 7.84. The maximum Gasteiger partial charge on any atom is 0.238 e. The van der Waals surface area contributed by atoms with Crippen molar-refractivity contribution in [3.05, 3.63) is 65.7 Å². The minimum atomic E-state index is -0.00216. The molecule has 5 nitrogen and oxygen atoms in total. The highest BCUT2D eigenvalue weighted by Crippen LogP contribution is 2.17. The molecule has 1 heterocycles. The third kappa shape index (κ3) is 7.02. The predicted octanol–water partition coefficient (Wildman–Crippen LogP) is 3.39. The van der Waals surface area contributed by atoms with Gasteiger partial charge in [-0.25, -0.2) is 0 Å². The summed E-state index contributed by atoms with van der Waals surface area (Å²) in [5.74, 6) is 0.211. The maximum atomic E-state index is 12.4. The number of likely N-dealkylation sites (tertiary alicyclic amines) is 1. The summed E-state index contributed by atoms with van der Waals surface area (Å²) >= 11 is 0. The van der Waals surface area contributed by atoms with Gasteiger partial charge in [0, 0.05) is 18.2 Å². The minimum Gasteiger partial charge on any atom is -0.356 e. The topological polar surface area (TPSA) is 61.4 Å². The largest absolute Gasteiger partial charge is 0.356 e. The first kappa shape index (κ1) is 21.1. The van der Waals surface area contributed by atoms with Gasteiger partial charge in [-0.05, 0) is 63.4 Å². The van der Waals surface area contributed by atoms with Crippen molar-refractivity contribution >= 4 is 17.5 Å². The SMILES string of the molecule is Cc1ccc(NC(=O)CN2CCC(C(=O)NCCCc3ccccc3)CC2)cc1. The summed E-state index contributed by atoms with van der Waals surface area (Å²) in [6, 6.07) is 18.1. The summed E-state index contributed by atoms with van der Waals surface area (Å²) in [5, 5.41) is 6.02. The van der Waals surface area contributed by atoms with Gasteiger partial charge >= 0.3 is 0 Å². The van der Waals surface area contributed by atoms with Gasteiger partial charge in [-0.15, -0.1) is 0 Å². The summed E-state index contributed by atoms with van der Waals surface area (Å²) < 4.78 is 0. The second kappa shape index (κ2) is 10.8. The average molecular weight is 394 g/mol. The van der Waals surface area contributed by atoms with Crippen molar-refractivity contribution in [1.82, 2.24) is 10.2 Å². The zero-order chi connectivity index (χ0) is 20.5. The molecule has 0 bridgehead atoms. The van der Waals surface area contributed by atoms with Crippen molar-refractivity contribution in [2.45, 2.75) is 32.6 Å². The summed E-state index contributed by atoms with van der Waals surface area (Å²) in [7, 11) is 0. The molecule has 29 heavy (non-hydrogen) atoms. The number of nitrogens with one attached hydrogen (secondary N) is 2. The molecular formula is C24H31N3O2. The lowest BCUT2D eigenvalue weighted by molar-refractivity contribution is -0.126. The molecule has 1 saturated heterocycles. The molecule has 0 unspecified atom stereocenters. The molecule has 0 aliphatic carbocycles. The number of carbonyl (C=O) groups excluding carboxylic acids is 2. The molecule has 2 aromatic carbocycles. The van der Waals surface area contributed by atoms with E-state index in [0.717, 1.165) is 44.5 Å². The van der Waals surface area contributed by atoms with Crippen LogP contribution in [0, 0.1) is 12.8 Å². The van der Waals surface area contributed by atoms with Crippen LogP contribution in [0.3, 0.4) is 0 Å². The Balaban J connectivity index is 1.31. The fraction of sp³-hybridized carbons (Fsp3) is 0.417. The van der Waals surface area contributed by atoms with Gasteiger partial charge in [-0.3, -0.25) is 14.5 Å². The summed E-state index contributed by atoms with van der Waals surface area (Å²) in [4.78, 5) is 26.8. The van der Waals surface area contributed by atoms with Crippen LogP contribution in [0.25, 0.3) is 0 Å². The van der Waals surface area contributed by atoms with Crippen LogP contribution in [0.15, 0.2) is 54.6 Å². The molecule has 3 rings (SSSR count). The Morgan fingerprint density at radius 3 is 2.38 bits per heavy atom. The van der Waals surface area contributed by atoms with E-state index in [0.29, 0.717) is 13.1 Å². The number of anilines is 1. The zero-order valence-electron chi connectivity index (χ0n) is 17.2. The average Bonchev–Trinajstić information content (AvgIpc) is 2.74. The Labute approximate surface area is 173 Å². The van der Waals surface area contributed by atoms with E-state index in [2.05, 4.69) is 27.7 Å². The van der Waals surface area contributed by atoms with E-state index in [-0.39, 0.29) is 17.7 Å². The fourth-order valence-corrected chi connectivity index (χ4v) is 3.69. The Morgan fingerprint density at radius 2 is 1.69 bits per heavy atom. The first-order valence-corrected chi connectivity index (χ1v) is 10.5. The van der Waals surface area contributed by atoms with Gasteiger partial charge < -0.3 is 10.6 Å². The smallest absolute Gasteiger partial charge is 0.238 e. The van der Waals surface area contributed by atoms with Gasteiger partial charge in [0.05, 0.1) is 6.54 Å². The predicted molar refractivity (Wildman–Crippen MR) is 117 cm³/mol. The van der Waals surface area contributed by atoms with Gasteiger partial charge in [0.2, 0.25) is 11.8 Å². The van der Waals surface area contributed by atoms with Crippen LogP contribution >= 0.6 is 0 Å². The standard InChI is InChI=1S/C24H31N3O2/c1-19-9-11-22(12-10-19)26-23(28)18-27-16-13-21(14-17-27)24(29)25-15-5-8-20-6-3-2-4-7-20/h2-4,6-7,9-12,21H,5,8,13-18H2,1H3,(H,25,29)(H,26,28). The number of benzene rings is 2. The number of hydrogen-bond acceptors (Lipinski definition) is 3. The quantitative estimate of drug-likeness (QED) is 0.676. The Morgan fingerprint density at radius 1 is 1.00 bits per heavy atom. The van der Waals surface area contributed by atoms with Crippen LogP contribution in [0.4, 0.5) is 5.69 Å². The van der Waals surface area contributed by atoms with Crippen molar-refractivity contribution in [2.24, 2.45) is 5.92 Å². The van der Waals surface area contributed by atoms with E-state index in [1.807, 2.05) is 49.4 Å². The van der Waals surface area contributed by atoms with Crippen molar-refractivity contribution in [3.8, 4) is 0 Å². The number of piperidine rings is 1. The number of carbonyl (C=O) groups is 2. The van der Waals surface area contributed by atoms with E-state index in [4.69, 9.17) is 0 Å². The molecule has 1 aliphatic heterocycles. The maximum absolute atomic E-state index is 12.4. The van der Waals surface area contributed by atoms with Crippen LogP contribution in [0.1, 0.15) is 30.4 Å². The number of hydrogen-bond donors (Lipinski definition) is 2. The van der Waals surface area contributed by atoms with Gasteiger partial charge in [0.15, 0.2) is 0 Å². The van der Waals surface area contributed by atoms with Crippen molar-refractivity contribution < 1.29 is 9.59 Å². The number of rotatable bonds is 8. The van der Waals surface area contributed by atoms with Crippen molar-refractivity contribution in [2.75, 3.05) is 31.5 Å². The highest BCUT2D eigenvalue weighted by Gasteiger charge is 2.25. The molecule has 2 amide bonds. The van der Waals surface area contributed by atoms with Gasteiger partial charge in [-0.1, -0.05) is 48.0 Å². The minimum absolute atomic E-state index is 0.00216. The van der Waals surface area contributed by atoms with Crippen molar-refractivity contribution in [3.63, 3.8) is 0 Å². The Bertz CT molecular complexity index is 782. The molecule has 2 N–H and O–H groups in total. The highest BCUT2D eigenvalue weighted by molar-refractivity contribution is 5.92. The molecule has 0 radical (unpaired) electrons. The van der Waals surface area contributed by atoms with Crippen LogP contribution in [0.5, 0.6) is 0 Å². The first-order valence-electron chi connectivity index (χ1n) is 10.5. The second-order valence-corrected chi connectivity index (χ2v) is 7.84. The zero-order valence-corrected chi connectivity index (χ0v) is 17.2. The van der Waals surface area contributed by atoms with E-state index in [9.17, 15) is 9.59 Å². The molecule has 1 aliphatic rings. The summed E-state index contributed by atoms with van der Waals surface area (Å²) in [6.07, 6.45) is 3.55. The molecule has 5 heteroatoms. The normalized spacial score (nSPS) is 15.1. The number of amides is 2. The third-order valence-electron chi connectivity index (χ3n) is 5.45. The lowest BCUT2D eigenvalue weighted by Crippen LogP contribution is -2.43. The van der Waals surface area contributed by atoms with E-state index < -0.39 is 0 Å². The van der Waals surface area contributed by atoms with E-state index >= 15 is 0 Å². The first-order chi connectivity index (χ1) is 14.1. The van der Waals surface area contributed by atoms with Crippen LogP contribution in [-0.4, -0.2) is 42.9 Å². The number of aryl methyl sites for hydroxylation is 2. The van der Waals surface area contributed by atoms with Crippen LogP contribution in [-0.2, 0) is 16.0 Å². The Hall–Kier alpha value is -2.66. The van der Waals surface area contributed by atoms with Crippen molar-refractivity contribution in [1.29, 1.82) is 0 Å². The van der Waals surface area contributed by atoms with Crippen LogP contribution in [0.2, 0.25) is 0 Å². The molecule has 0 saturated carbocycles. The molecule has 0 aromatic heterocycles. The summed E-state index contributed by atoms with van der Waals surface area (Å²) in [5.41, 5.74) is 3.30. The fourth-order valence-electron chi connectivity index (χ4n) is 3.69. The molecular weight excluding hydrogens is 362 g/mol.